The molecule has 2 aliphatic carbocycles. The molecular weight excluding hydrogens is 220 g/mol. The van der Waals surface area contributed by atoms with Crippen LogP contribution in [0.15, 0.2) is 0 Å². The number of nitrogens with zero attached hydrogens (tertiary/aromatic N) is 1. The van der Waals surface area contributed by atoms with Gasteiger partial charge in [-0.15, -0.1) is 0 Å². The number of hydrogen-bond donors (Lipinski definition) is 1. The predicted molar refractivity (Wildman–Crippen MR) is 66.4 cm³/mol. The van der Waals surface area contributed by atoms with Gasteiger partial charge in [-0.2, -0.15) is 0 Å². The second-order valence-electron chi connectivity index (χ2n) is 5.24. The average Bonchev–Trinajstić information content (AvgIpc) is 2.86. The Labute approximate surface area is 102 Å². The molecule has 2 saturated carbocycles. The molecule has 0 radical (unpaired) electrons. The second kappa shape index (κ2) is 3.99. The minimum atomic E-state index is 0.0695. The molecule has 0 aromatic heterocycles. The number of thiocarbonyl (C=S) groups is 1. The van der Waals surface area contributed by atoms with Crippen LogP contribution in [-0.4, -0.2) is 28.0 Å². The van der Waals surface area contributed by atoms with Crippen molar-refractivity contribution in [2.24, 2.45) is 5.92 Å². The van der Waals surface area contributed by atoms with E-state index in [9.17, 15) is 4.79 Å². The lowest BCUT2D eigenvalue weighted by atomic mass is 9.97. The average molecular weight is 238 g/mol. The van der Waals surface area contributed by atoms with Crippen LogP contribution >= 0.6 is 12.2 Å². The van der Waals surface area contributed by atoms with Crippen LogP contribution in [0.4, 0.5) is 4.79 Å². The molecule has 3 aliphatic rings. The van der Waals surface area contributed by atoms with Gasteiger partial charge in [0.1, 0.15) is 0 Å². The van der Waals surface area contributed by atoms with E-state index >= 15 is 0 Å². The fourth-order valence-electron chi connectivity index (χ4n) is 3.61. The monoisotopic (exact) mass is 238 g/mol. The number of amides is 2. The standard InChI is InChI=1S/C12H18N2OS/c15-12-13-11(16)9-6-3-7-10(9)14(12)8-4-1-2-5-8/h8-10H,1-7H2,(H,13,15,16). The maximum atomic E-state index is 12.1. The Hall–Kier alpha value is -0.640. The van der Waals surface area contributed by atoms with Crippen LogP contribution in [0.2, 0.25) is 0 Å². The van der Waals surface area contributed by atoms with E-state index in [0.29, 0.717) is 18.0 Å². The van der Waals surface area contributed by atoms with E-state index in [-0.39, 0.29) is 6.03 Å². The third kappa shape index (κ3) is 1.54. The molecule has 2 amide bonds. The van der Waals surface area contributed by atoms with Crippen LogP contribution in [0.5, 0.6) is 0 Å². The molecule has 3 rings (SSSR count). The summed E-state index contributed by atoms with van der Waals surface area (Å²) in [5, 5.41) is 2.90. The van der Waals surface area contributed by atoms with Crippen LogP contribution in [-0.2, 0) is 0 Å². The van der Waals surface area contributed by atoms with Gasteiger partial charge >= 0.3 is 6.03 Å². The van der Waals surface area contributed by atoms with Crippen molar-refractivity contribution in [3.63, 3.8) is 0 Å². The molecule has 0 bridgehead atoms. The molecule has 3 fully saturated rings. The first kappa shape index (κ1) is 10.5. The number of fused-ring (bicyclic) bond motifs is 1. The number of carbonyl (C=O) groups excluding carboxylic acids is 1. The first-order valence-corrected chi connectivity index (χ1v) is 6.81. The molecule has 2 atom stereocenters. The van der Waals surface area contributed by atoms with Gasteiger partial charge in [0.15, 0.2) is 0 Å². The lowest BCUT2D eigenvalue weighted by molar-refractivity contribution is 0.132. The Morgan fingerprint density at radius 3 is 2.62 bits per heavy atom. The first-order chi connectivity index (χ1) is 7.77. The van der Waals surface area contributed by atoms with Crippen molar-refractivity contribution < 1.29 is 4.79 Å². The Bertz CT molecular complexity index is 325. The van der Waals surface area contributed by atoms with Crippen molar-refractivity contribution in [2.75, 3.05) is 0 Å². The van der Waals surface area contributed by atoms with Gasteiger partial charge in [0.05, 0.1) is 4.99 Å². The van der Waals surface area contributed by atoms with E-state index in [2.05, 4.69) is 10.2 Å². The molecule has 1 heterocycles. The van der Waals surface area contributed by atoms with Crippen molar-refractivity contribution in [1.29, 1.82) is 0 Å². The summed E-state index contributed by atoms with van der Waals surface area (Å²) in [7, 11) is 0. The van der Waals surface area contributed by atoms with E-state index in [4.69, 9.17) is 12.2 Å². The Morgan fingerprint density at radius 2 is 1.88 bits per heavy atom. The highest BCUT2D eigenvalue weighted by Gasteiger charge is 2.44. The molecular formula is C12H18N2OS. The molecule has 16 heavy (non-hydrogen) atoms. The fraction of sp³-hybridized carbons (Fsp3) is 0.833. The molecule has 0 aromatic carbocycles. The van der Waals surface area contributed by atoms with Gasteiger partial charge in [-0.25, -0.2) is 4.79 Å². The number of hydrogen-bond acceptors (Lipinski definition) is 2. The van der Waals surface area contributed by atoms with E-state index < -0.39 is 0 Å². The van der Waals surface area contributed by atoms with Crippen molar-refractivity contribution in [3.05, 3.63) is 0 Å². The molecule has 4 heteroatoms. The van der Waals surface area contributed by atoms with Crippen LogP contribution in [0.3, 0.4) is 0 Å². The predicted octanol–water partition coefficient (Wildman–Crippen LogP) is 2.45. The van der Waals surface area contributed by atoms with Gasteiger partial charge < -0.3 is 10.2 Å². The normalized spacial score (nSPS) is 35.4. The zero-order valence-electron chi connectivity index (χ0n) is 9.45. The van der Waals surface area contributed by atoms with E-state index in [1.165, 1.54) is 32.1 Å². The summed E-state index contributed by atoms with van der Waals surface area (Å²) >= 11 is 5.29. The molecule has 1 N–H and O–H groups in total. The Kier molecular flexibility index (Phi) is 2.62. The number of urea groups is 1. The van der Waals surface area contributed by atoms with Crippen molar-refractivity contribution in [2.45, 2.75) is 57.0 Å². The molecule has 2 unspecified atom stereocenters. The number of rotatable bonds is 1. The molecule has 0 spiro atoms. The minimum absolute atomic E-state index is 0.0695. The van der Waals surface area contributed by atoms with Crippen molar-refractivity contribution in [1.82, 2.24) is 10.2 Å². The van der Waals surface area contributed by atoms with Gasteiger partial charge in [-0.3, -0.25) is 0 Å². The van der Waals surface area contributed by atoms with E-state index in [1.807, 2.05) is 0 Å². The minimum Gasteiger partial charge on any atom is -0.318 e. The fourth-order valence-corrected chi connectivity index (χ4v) is 3.97. The van der Waals surface area contributed by atoms with Crippen LogP contribution in [0, 0.1) is 5.92 Å². The highest BCUT2D eigenvalue weighted by atomic mass is 32.1. The van der Waals surface area contributed by atoms with Gasteiger partial charge in [0.2, 0.25) is 0 Å². The van der Waals surface area contributed by atoms with Crippen LogP contribution < -0.4 is 5.32 Å². The summed E-state index contributed by atoms with van der Waals surface area (Å²) in [5.41, 5.74) is 0. The molecule has 0 aromatic rings. The smallest absolute Gasteiger partial charge is 0.318 e. The second-order valence-corrected chi connectivity index (χ2v) is 5.68. The zero-order valence-corrected chi connectivity index (χ0v) is 10.3. The van der Waals surface area contributed by atoms with E-state index in [0.717, 1.165) is 17.8 Å². The highest BCUT2D eigenvalue weighted by Crippen LogP contribution is 2.37. The lowest BCUT2D eigenvalue weighted by Crippen LogP contribution is -2.60. The molecule has 1 saturated heterocycles. The third-order valence-corrected chi connectivity index (χ3v) is 4.76. The summed E-state index contributed by atoms with van der Waals surface area (Å²) in [4.78, 5) is 15.0. The lowest BCUT2D eigenvalue weighted by Gasteiger charge is -2.42. The highest BCUT2D eigenvalue weighted by molar-refractivity contribution is 7.80. The molecule has 1 aliphatic heterocycles. The van der Waals surface area contributed by atoms with Gasteiger partial charge in [0.25, 0.3) is 0 Å². The van der Waals surface area contributed by atoms with Crippen LogP contribution in [0.1, 0.15) is 44.9 Å². The van der Waals surface area contributed by atoms with Crippen molar-refractivity contribution >= 4 is 23.2 Å². The molecule has 3 nitrogen and oxygen atoms in total. The Balaban J connectivity index is 1.84. The van der Waals surface area contributed by atoms with Gasteiger partial charge in [-0.05, 0) is 25.7 Å². The summed E-state index contributed by atoms with van der Waals surface area (Å²) in [6.45, 7) is 0. The number of carbonyl (C=O) groups is 1. The largest absolute Gasteiger partial charge is 0.322 e. The maximum Gasteiger partial charge on any atom is 0.322 e. The first-order valence-electron chi connectivity index (χ1n) is 6.40. The van der Waals surface area contributed by atoms with Crippen molar-refractivity contribution in [3.8, 4) is 0 Å². The van der Waals surface area contributed by atoms with Gasteiger partial charge in [0, 0.05) is 18.0 Å². The van der Waals surface area contributed by atoms with E-state index in [1.54, 1.807) is 0 Å². The quantitative estimate of drug-likeness (QED) is 0.712. The van der Waals surface area contributed by atoms with Gasteiger partial charge in [-0.1, -0.05) is 31.5 Å². The third-order valence-electron chi connectivity index (χ3n) is 4.36. The summed E-state index contributed by atoms with van der Waals surface area (Å²) in [5.74, 6) is 0.438. The SMILES string of the molecule is O=C1NC(=S)C2CCCC2N1C1CCCC1. The summed E-state index contributed by atoms with van der Waals surface area (Å²) < 4.78 is 0. The number of nitrogens with one attached hydrogen (secondary N) is 1. The van der Waals surface area contributed by atoms with Crippen LogP contribution in [0.25, 0.3) is 0 Å². The maximum absolute atomic E-state index is 12.1. The zero-order chi connectivity index (χ0) is 11.1. The summed E-state index contributed by atoms with van der Waals surface area (Å²) in [6.07, 6.45) is 8.44. The Morgan fingerprint density at radius 1 is 1.12 bits per heavy atom. The topological polar surface area (TPSA) is 32.3 Å². The summed E-state index contributed by atoms with van der Waals surface area (Å²) in [6, 6.07) is 0.957. The molecule has 88 valence electrons.